The van der Waals surface area contributed by atoms with Gasteiger partial charge in [0.15, 0.2) is 0 Å². The van der Waals surface area contributed by atoms with E-state index in [0.717, 1.165) is 17.7 Å². The van der Waals surface area contributed by atoms with E-state index in [2.05, 4.69) is 0 Å². The molecule has 1 heterocycles. The van der Waals surface area contributed by atoms with Crippen LogP contribution in [0.3, 0.4) is 0 Å². The molecule has 2 aromatic rings. The van der Waals surface area contributed by atoms with Crippen LogP contribution >= 0.6 is 12.4 Å². The highest BCUT2D eigenvalue weighted by Gasteiger charge is 2.38. The van der Waals surface area contributed by atoms with E-state index in [-0.39, 0.29) is 25.1 Å². The topological polar surface area (TPSA) is 55.6 Å². The van der Waals surface area contributed by atoms with Gasteiger partial charge in [-0.15, -0.1) is 12.4 Å². The third-order valence-corrected chi connectivity index (χ3v) is 4.78. The fourth-order valence-corrected chi connectivity index (χ4v) is 3.35. The predicted octanol–water partition coefficient (Wildman–Crippen LogP) is 5.45. The van der Waals surface area contributed by atoms with Crippen molar-refractivity contribution in [2.24, 2.45) is 5.73 Å². The van der Waals surface area contributed by atoms with Crippen molar-refractivity contribution in [1.29, 1.82) is 0 Å². The van der Waals surface area contributed by atoms with Gasteiger partial charge in [-0.1, -0.05) is 37.3 Å². The zero-order valence-electron chi connectivity index (χ0n) is 15.3. The highest BCUT2D eigenvalue weighted by molar-refractivity contribution is 5.90. The van der Waals surface area contributed by atoms with Gasteiger partial charge in [0.2, 0.25) is 0 Å². The molecule has 152 valence electrons. The van der Waals surface area contributed by atoms with Gasteiger partial charge in [0.1, 0.15) is 6.61 Å². The lowest BCUT2D eigenvalue weighted by atomic mass is 9.89. The summed E-state index contributed by atoms with van der Waals surface area (Å²) in [5, 5.41) is 0. The molecular formula is C20H22ClF3N2O2. The Hall–Kier alpha value is -2.25. The molecule has 28 heavy (non-hydrogen) atoms. The molecule has 0 radical (unpaired) electrons. The second-order valence-corrected chi connectivity index (χ2v) is 6.59. The monoisotopic (exact) mass is 414 g/mol. The number of carbonyl (C=O) groups is 1. The Bertz CT molecular complexity index is 815. The molecule has 8 heteroatoms. The normalized spacial score (nSPS) is 18.8. The molecule has 2 atom stereocenters. The van der Waals surface area contributed by atoms with E-state index in [1.165, 1.54) is 11.0 Å². The van der Waals surface area contributed by atoms with Crippen molar-refractivity contribution in [3.63, 3.8) is 0 Å². The molecule has 4 nitrogen and oxygen atoms in total. The zero-order chi connectivity index (χ0) is 19.6. The molecule has 0 unspecified atom stereocenters. The number of nitrogens with zero attached hydrogens (tertiary/aromatic N) is 1. The molecule has 0 bridgehead atoms. The van der Waals surface area contributed by atoms with Crippen LogP contribution in [0.5, 0.6) is 0 Å². The number of nitrogens with two attached hydrogens (primary N) is 1. The van der Waals surface area contributed by atoms with Crippen LogP contribution in [0.4, 0.5) is 23.7 Å². The number of hydrogen-bond donors (Lipinski definition) is 1. The van der Waals surface area contributed by atoms with Gasteiger partial charge in [-0.3, -0.25) is 4.90 Å². The average Bonchev–Trinajstić information content (AvgIpc) is 2.65. The first-order valence-corrected chi connectivity index (χ1v) is 8.78. The van der Waals surface area contributed by atoms with E-state index in [0.29, 0.717) is 24.1 Å². The maximum Gasteiger partial charge on any atom is 0.416 e. The average molecular weight is 415 g/mol. The Kier molecular flexibility index (Phi) is 6.96. The number of anilines is 1. The van der Waals surface area contributed by atoms with Gasteiger partial charge < -0.3 is 10.5 Å². The molecule has 0 saturated carbocycles. The molecule has 0 aromatic heterocycles. The van der Waals surface area contributed by atoms with E-state index in [1.807, 2.05) is 37.3 Å². The number of ether oxygens (including phenoxy) is 1. The molecule has 0 aliphatic carbocycles. The molecule has 0 spiro atoms. The number of fused-ring (bicyclic) bond motifs is 1. The summed E-state index contributed by atoms with van der Waals surface area (Å²) in [7, 11) is 0. The highest BCUT2D eigenvalue weighted by Crippen LogP contribution is 2.41. The minimum Gasteiger partial charge on any atom is -0.444 e. The van der Waals surface area contributed by atoms with Crippen molar-refractivity contribution in [2.75, 3.05) is 4.90 Å². The number of rotatable bonds is 3. The van der Waals surface area contributed by atoms with Crippen molar-refractivity contribution in [1.82, 2.24) is 0 Å². The Balaban J connectivity index is 0.00000280. The van der Waals surface area contributed by atoms with Crippen LogP contribution in [0, 0.1) is 0 Å². The zero-order valence-corrected chi connectivity index (χ0v) is 16.1. The molecular weight excluding hydrogens is 393 g/mol. The van der Waals surface area contributed by atoms with Crippen molar-refractivity contribution in [2.45, 2.75) is 44.6 Å². The fourth-order valence-electron chi connectivity index (χ4n) is 3.35. The second-order valence-electron chi connectivity index (χ2n) is 6.59. The van der Waals surface area contributed by atoms with Crippen LogP contribution < -0.4 is 10.6 Å². The first-order valence-electron chi connectivity index (χ1n) is 8.78. The van der Waals surface area contributed by atoms with Crippen molar-refractivity contribution in [3.8, 4) is 0 Å². The number of benzene rings is 2. The lowest BCUT2D eigenvalue weighted by molar-refractivity contribution is -0.137. The first kappa shape index (κ1) is 22.0. The van der Waals surface area contributed by atoms with E-state index < -0.39 is 23.9 Å². The summed E-state index contributed by atoms with van der Waals surface area (Å²) in [5.41, 5.74) is 6.86. The highest BCUT2D eigenvalue weighted by atomic mass is 35.5. The smallest absolute Gasteiger partial charge is 0.416 e. The van der Waals surface area contributed by atoms with Crippen LogP contribution in [0.1, 0.15) is 42.5 Å². The van der Waals surface area contributed by atoms with Crippen molar-refractivity contribution in [3.05, 3.63) is 65.2 Å². The minimum absolute atomic E-state index is 0. The SMILES string of the molecule is CC[C@@H]1C[C@H](N)c2cc(C(F)(F)F)ccc2N1C(=O)OCc1ccccc1.Cl. The van der Waals surface area contributed by atoms with Gasteiger partial charge in [-0.25, -0.2) is 4.79 Å². The summed E-state index contributed by atoms with van der Waals surface area (Å²) >= 11 is 0. The standard InChI is InChI=1S/C20H21F3N2O2.ClH/c1-2-15-11-17(24)16-10-14(20(21,22)23)8-9-18(16)25(15)19(26)27-12-13-6-4-3-5-7-13;/h3-10,15,17H,2,11-12,24H2,1H3;1H/t15-,17+;/m1./s1. The second kappa shape index (κ2) is 8.84. The van der Waals surface area contributed by atoms with Crippen LogP contribution in [-0.4, -0.2) is 12.1 Å². The van der Waals surface area contributed by atoms with Gasteiger partial charge in [-0.2, -0.15) is 13.2 Å². The Labute approximate surface area is 167 Å². The Morgan fingerprint density at radius 3 is 2.50 bits per heavy atom. The number of halogens is 4. The van der Waals surface area contributed by atoms with Gasteiger partial charge in [0.25, 0.3) is 0 Å². The summed E-state index contributed by atoms with van der Waals surface area (Å²) < 4.78 is 44.6. The lowest BCUT2D eigenvalue weighted by Crippen LogP contribution is -2.46. The van der Waals surface area contributed by atoms with E-state index >= 15 is 0 Å². The Morgan fingerprint density at radius 2 is 1.89 bits per heavy atom. The van der Waals surface area contributed by atoms with Crippen molar-refractivity contribution >= 4 is 24.2 Å². The summed E-state index contributed by atoms with van der Waals surface area (Å²) in [6, 6.07) is 11.7. The van der Waals surface area contributed by atoms with E-state index in [1.54, 1.807) is 0 Å². The maximum absolute atomic E-state index is 13.0. The van der Waals surface area contributed by atoms with Gasteiger partial charge in [0, 0.05) is 12.1 Å². The lowest BCUT2D eigenvalue weighted by Gasteiger charge is -2.39. The summed E-state index contributed by atoms with van der Waals surface area (Å²) in [5.74, 6) is 0. The quantitative estimate of drug-likeness (QED) is 0.726. The number of hydrogen-bond acceptors (Lipinski definition) is 3. The van der Waals surface area contributed by atoms with Crippen molar-refractivity contribution < 1.29 is 22.7 Å². The third-order valence-electron chi connectivity index (χ3n) is 4.78. The molecule has 2 aromatic carbocycles. The maximum atomic E-state index is 13.0. The molecule has 1 amide bonds. The Morgan fingerprint density at radius 1 is 1.21 bits per heavy atom. The predicted molar refractivity (Wildman–Crippen MR) is 103 cm³/mol. The largest absolute Gasteiger partial charge is 0.444 e. The molecule has 3 rings (SSSR count). The molecule has 1 aliphatic heterocycles. The van der Waals surface area contributed by atoms with E-state index in [9.17, 15) is 18.0 Å². The first-order chi connectivity index (χ1) is 12.8. The van der Waals surface area contributed by atoms with Gasteiger partial charge in [0.05, 0.1) is 11.3 Å². The third kappa shape index (κ3) is 4.59. The number of alkyl halides is 3. The summed E-state index contributed by atoms with van der Waals surface area (Å²) in [6.07, 6.45) is -4.05. The fraction of sp³-hybridized carbons (Fsp3) is 0.350. The molecule has 0 saturated heterocycles. The van der Waals surface area contributed by atoms with E-state index in [4.69, 9.17) is 10.5 Å². The molecule has 1 aliphatic rings. The molecule has 2 N–H and O–H groups in total. The van der Waals surface area contributed by atoms with Crippen LogP contribution in [-0.2, 0) is 17.5 Å². The van der Waals surface area contributed by atoms with Gasteiger partial charge >= 0.3 is 12.3 Å². The number of carbonyl (C=O) groups excluding carboxylic acids is 1. The minimum atomic E-state index is -4.46. The van der Waals surface area contributed by atoms with Gasteiger partial charge in [-0.05, 0) is 42.2 Å². The molecule has 0 fully saturated rings. The summed E-state index contributed by atoms with van der Waals surface area (Å²) in [6.45, 7) is 2.00. The van der Waals surface area contributed by atoms with Crippen LogP contribution in [0.2, 0.25) is 0 Å². The summed E-state index contributed by atoms with van der Waals surface area (Å²) in [4.78, 5) is 14.2. The van der Waals surface area contributed by atoms with Crippen LogP contribution in [0.15, 0.2) is 48.5 Å². The van der Waals surface area contributed by atoms with Crippen LogP contribution in [0.25, 0.3) is 0 Å². The number of amides is 1.